The predicted molar refractivity (Wildman–Crippen MR) is 89.6 cm³/mol. The Labute approximate surface area is 135 Å². The second-order valence-electron chi connectivity index (χ2n) is 4.83. The number of rotatable bonds is 7. The van der Waals surface area contributed by atoms with Crippen molar-refractivity contribution in [2.24, 2.45) is 0 Å². The molecule has 0 spiro atoms. The first-order chi connectivity index (χ1) is 10.7. The third kappa shape index (κ3) is 5.39. The molecule has 5 heteroatoms. The second-order valence-corrected chi connectivity index (χ2v) is 5.27. The van der Waals surface area contributed by atoms with E-state index >= 15 is 0 Å². The highest BCUT2D eigenvalue weighted by molar-refractivity contribution is 6.30. The summed E-state index contributed by atoms with van der Waals surface area (Å²) in [5.74, 6) is 0.637. The van der Waals surface area contributed by atoms with E-state index in [1.54, 1.807) is 13.2 Å². The van der Waals surface area contributed by atoms with Gasteiger partial charge >= 0.3 is 0 Å². The van der Waals surface area contributed by atoms with Crippen molar-refractivity contribution in [2.75, 3.05) is 25.5 Å². The van der Waals surface area contributed by atoms with Crippen molar-refractivity contribution >= 4 is 23.2 Å². The fourth-order valence-electron chi connectivity index (χ4n) is 1.99. The molecule has 4 nitrogen and oxygen atoms in total. The molecule has 0 heterocycles. The zero-order valence-corrected chi connectivity index (χ0v) is 13.2. The van der Waals surface area contributed by atoms with Crippen LogP contribution in [-0.2, 0) is 11.2 Å². The van der Waals surface area contributed by atoms with E-state index in [1.807, 2.05) is 42.5 Å². The van der Waals surface area contributed by atoms with Crippen LogP contribution in [0.5, 0.6) is 5.75 Å². The Hall–Kier alpha value is -2.04. The van der Waals surface area contributed by atoms with Crippen molar-refractivity contribution < 1.29 is 9.53 Å². The molecule has 0 bridgehead atoms. The van der Waals surface area contributed by atoms with Crippen molar-refractivity contribution in [3.05, 3.63) is 59.1 Å². The number of methoxy groups -OCH3 is 1. The van der Waals surface area contributed by atoms with Crippen LogP contribution in [0, 0.1) is 0 Å². The highest BCUT2D eigenvalue weighted by atomic mass is 35.5. The predicted octanol–water partition coefficient (Wildman–Crippen LogP) is 3.12. The Morgan fingerprint density at radius 3 is 2.68 bits per heavy atom. The average Bonchev–Trinajstić information content (AvgIpc) is 2.53. The number of amides is 1. The molecule has 116 valence electrons. The number of benzene rings is 2. The normalized spacial score (nSPS) is 10.3. The molecule has 0 saturated carbocycles. The summed E-state index contributed by atoms with van der Waals surface area (Å²) in [6.07, 6.45) is 0.851. The molecule has 0 aliphatic heterocycles. The Kier molecular flexibility index (Phi) is 6.25. The lowest BCUT2D eigenvalue weighted by Gasteiger charge is -2.08. The van der Waals surface area contributed by atoms with E-state index in [-0.39, 0.29) is 12.5 Å². The zero-order valence-electron chi connectivity index (χ0n) is 12.4. The maximum atomic E-state index is 11.8. The number of halogens is 1. The van der Waals surface area contributed by atoms with Crippen molar-refractivity contribution in [2.45, 2.75) is 6.42 Å². The van der Waals surface area contributed by atoms with Gasteiger partial charge in [0.1, 0.15) is 5.75 Å². The van der Waals surface area contributed by atoms with Gasteiger partial charge in [-0.25, -0.2) is 0 Å². The quantitative estimate of drug-likeness (QED) is 0.771. The third-order valence-electron chi connectivity index (χ3n) is 3.14. The average molecular weight is 319 g/mol. The monoisotopic (exact) mass is 318 g/mol. The molecule has 0 aliphatic rings. The smallest absolute Gasteiger partial charge is 0.238 e. The van der Waals surface area contributed by atoms with Gasteiger partial charge in [0.05, 0.1) is 13.7 Å². The number of ether oxygens (including phenoxy) is 1. The molecule has 0 aromatic heterocycles. The first-order valence-electron chi connectivity index (χ1n) is 7.06. The summed E-state index contributed by atoms with van der Waals surface area (Å²) in [5.41, 5.74) is 1.91. The van der Waals surface area contributed by atoms with Crippen LogP contribution in [-0.4, -0.2) is 26.1 Å². The first kappa shape index (κ1) is 16.3. The van der Waals surface area contributed by atoms with Crippen LogP contribution in [0.1, 0.15) is 5.56 Å². The fraction of sp³-hybridized carbons (Fsp3) is 0.235. The van der Waals surface area contributed by atoms with E-state index < -0.39 is 0 Å². The van der Waals surface area contributed by atoms with Crippen LogP contribution in [0.2, 0.25) is 5.02 Å². The molecular weight excluding hydrogens is 300 g/mol. The number of hydrogen-bond donors (Lipinski definition) is 2. The minimum atomic E-state index is -0.0793. The summed E-state index contributed by atoms with van der Waals surface area (Å²) in [6.45, 7) is 0.998. The minimum absolute atomic E-state index is 0.0793. The second kappa shape index (κ2) is 8.41. The van der Waals surface area contributed by atoms with Crippen LogP contribution in [0.4, 0.5) is 5.69 Å². The van der Waals surface area contributed by atoms with E-state index in [1.165, 1.54) is 5.56 Å². The summed E-state index contributed by atoms with van der Waals surface area (Å²) in [5, 5.41) is 6.68. The molecule has 2 rings (SSSR count). The Morgan fingerprint density at radius 2 is 1.95 bits per heavy atom. The van der Waals surface area contributed by atoms with Gasteiger partial charge in [-0.3, -0.25) is 4.79 Å². The lowest BCUT2D eigenvalue weighted by molar-refractivity contribution is -0.115. The van der Waals surface area contributed by atoms with Gasteiger partial charge in [0.25, 0.3) is 0 Å². The van der Waals surface area contributed by atoms with Crippen LogP contribution in [0.25, 0.3) is 0 Å². The Bertz CT molecular complexity index is 614. The molecule has 0 aliphatic carbocycles. The van der Waals surface area contributed by atoms with E-state index in [0.717, 1.165) is 23.7 Å². The molecule has 2 N–H and O–H groups in total. The molecule has 0 fully saturated rings. The van der Waals surface area contributed by atoms with Crippen LogP contribution in [0.15, 0.2) is 48.5 Å². The van der Waals surface area contributed by atoms with Crippen molar-refractivity contribution in [3.8, 4) is 5.75 Å². The summed E-state index contributed by atoms with van der Waals surface area (Å²) >= 11 is 5.84. The standard InChI is InChI=1S/C17H19ClN2O2/c1-22-16-4-2-3-15(11-16)20-17(21)12-19-10-9-13-5-7-14(18)8-6-13/h2-8,11,19H,9-10,12H2,1H3,(H,20,21). The molecule has 0 atom stereocenters. The summed E-state index contributed by atoms with van der Waals surface area (Å²) in [7, 11) is 1.60. The van der Waals surface area contributed by atoms with Gasteiger partial charge in [0.15, 0.2) is 0 Å². The SMILES string of the molecule is COc1cccc(NC(=O)CNCCc2ccc(Cl)cc2)c1. The molecule has 2 aromatic carbocycles. The lowest BCUT2D eigenvalue weighted by atomic mass is 10.1. The van der Waals surface area contributed by atoms with Crippen molar-refractivity contribution in [1.82, 2.24) is 5.32 Å². The number of carbonyl (C=O) groups excluding carboxylic acids is 1. The lowest BCUT2D eigenvalue weighted by Crippen LogP contribution is -2.29. The van der Waals surface area contributed by atoms with E-state index in [4.69, 9.17) is 16.3 Å². The largest absolute Gasteiger partial charge is 0.497 e. The highest BCUT2D eigenvalue weighted by Crippen LogP contribution is 2.16. The van der Waals surface area contributed by atoms with Crippen LogP contribution < -0.4 is 15.4 Å². The number of nitrogens with one attached hydrogen (secondary N) is 2. The van der Waals surface area contributed by atoms with Crippen molar-refractivity contribution in [1.29, 1.82) is 0 Å². The van der Waals surface area contributed by atoms with Gasteiger partial charge < -0.3 is 15.4 Å². The zero-order chi connectivity index (χ0) is 15.8. The molecule has 0 saturated heterocycles. The Morgan fingerprint density at radius 1 is 1.18 bits per heavy atom. The summed E-state index contributed by atoms with van der Waals surface area (Å²) in [4.78, 5) is 11.8. The summed E-state index contributed by atoms with van der Waals surface area (Å²) < 4.78 is 5.12. The van der Waals surface area contributed by atoms with Crippen molar-refractivity contribution in [3.63, 3.8) is 0 Å². The number of anilines is 1. The van der Waals surface area contributed by atoms with Gasteiger partial charge in [-0.1, -0.05) is 29.8 Å². The highest BCUT2D eigenvalue weighted by Gasteiger charge is 2.03. The third-order valence-corrected chi connectivity index (χ3v) is 3.39. The Balaban J connectivity index is 1.70. The fourth-order valence-corrected chi connectivity index (χ4v) is 2.12. The molecular formula is C17H19ClN2O2. The minimum Gasteiger partial charge on any atom is -0.497 e. The topological polar surface area (TPSA) is 50.4 Å². The molecule has 0 unspecified atom stereocenters. The van der Waals surface area contributed by atoms with E-state index in [9.17, 15) is 4.79 Å². The van der Waals surface area contributed by atoms with Gasteiger partial charge in [-0.05, 0) is 42.8 Å². The molecule has 0 radical (unpaired) electrons. The van der Waals surface area contributed by atoms with Crippen LogP contribution in [0.3, 0.4) is 0 Å². The summed E-state index contributed by atoms with van der Waals surface area (Å²) in [6, 6.07) is 15.0. The van der Waals surface area contributed by atoms with E-state index in [0.29, 0.717) is 5.75 Å². The maximum absolute atomic E-state index is 11.8. The van der Waals surface area contributed by atoms with Gasteiger partial charge in [0, 0.05) is 16.8 Å². The first-order valence-corrected chi connectivity index (χ1v) is 7.44. The maximum Gasteiger partial charge on any atom is 0.238 e. The molecule has 2 aromatic rings. The van der Waals surface area contributed by atoms with Gasteiger partial charge in [-0.2, -0.15) is 0 Å². The molecule has 1 amide bonds. The van der Waals surface area contributed by atoms with Gasteiger partial charge in [0.2, 0.25) is 5.91 Å². The number of carbonyl (C=O) groups is 1. The van der Waals surface area contributed by atoms with Crippen LogP contribution >= 0.6 is 11.6 Å². The van der Waals surface area contributed by atoms with Gasteiger partial charge in [-0.15, -0.1) is 0 Å². The van der Waals surface area contributed by atoms with E-state index in [2.05, 4.69) is 10.6 Å². The molecule has 22 heavy (non-hydrogen) atoms. The number of hydrogen-bond acceptors (Lipinski definition) is 3.